The maximum absolute atomic E-state index is 14.3. The zero-order valence-electron chi connectivity index (χ0n) is 26.2. The molecule has 2 fully saturated rings. The summed E-state index contributed by atoms with van der Waals surface area (Å²) in [7, 11) is 0. The molecule has 2 heterocycles. The van der Waals surface area contributed by atoms with Crippen molar-refractivity contribution in [2.45, 2.75) is 97.1 Å². The van der Waals surface area contributed by atoms with Crippen LogP contribution in [0.25, 0.3) is 11.1 Å². The number of carbonyl (C=O) groups excluding carboxylic acids is 2. The summed E-state index contributed by atoms with van der Waals surface area (Å²) >= 11 is 1.73. The molecule has 3 aromatic rings. The zero-order chi connectivity index (χ0) is 30.3. The van der Waals surface area contributed by atoms with E-state index >= 15 is 0 Å². The van der Waals surface area contributed by atoms with E-state index in [0.29, 0.717) is 17.5 Å². The first-order chi connectivity index (χ1) is 20.9. The Labute approximate surface area is 260 Å². The molecule has 1 unspecified atom stereocenters. The van der Waals surface area contributed by atoms with Gasteiger partial charge >= 0.3 is 0 Å². The van der Waals surface area contributed by atoms with Gasteiger partial charge in [0.2, 0.25) is 5.91 Å². The molecule has 232 valence electrons. The largest absolute Gasteiger partial charge is 0.339 e. The highest BCUT2D eigenvalue weighted by Crippen LogP contribution is 2.42. The van der Waals surface area contributed by atoms with Gasteiger partial charge in [0.15, 0.2) is 0 Å². The van der Waals surface area contributed by atoms with Crippen molar-refractivity contribution in [2.75, 3.05) is 17.3 Å². The van der Waals surface area contributed by atoms with E-state index in [2.05, 4.69) is 39.1 Å². The van der Waals surface area contributed by atoms with Gasteiger partial charge in [-0.2, -0.15) is 22.0 Å². The number of hydrogen-bond donors (Lipinski definition) is 3. The van der Waals surface area contributed by atoms with Crippen LogP contribution in [-0.2, 0) is 4.79 Å². The summed E-state index contributed by atoms with van der Waals surface area (Å²) in [5, 5.41) is 18.4. The van der Waals surface area contributed by atoms with E-state index in [4.69, 9.17) is 0 Å². The lowest BCUT2D eigenvalue weighted by Crippen LogP contribution is -2.53. The van der Waals surface area contributed by atoms with Crippen LogP contribution in [0.15, 0.2) is 36.5 Å². The SMILES string of the molecule is CSCC(C)n1nccc1C(=O)N[C@H](C(=O)Nc1ccc(-c2c(C)n[nH]c2C)cc1)C(C1CCCCC1)C1CCCCC1. The first-order valence-corrected chi connectivity index (χ1v) is 17.5. The second-order valence-electron chi connectivity index (χ2n) is 12.7. The summed E-state index contributed by atoms with van der Waals surface area (Å²) in [6.07, 6.45) is 15.6. The van der Waals surface area contributed by atoms with Crippen molar-refractivity contribution in [1.29, 1.82) is 0 Å². The molecule has 43 heavy (non-hydrogen) atoms. The summed E-state index contributed by atoms with van der Waals surface area (Å²) in [4.78, 5) is 28.3. The fraction of sp³-hybridized carbons (Fsp3) is 0.588. The highest BCUT2D eigenvalue weighted by Gasteiger charge is 2.41. The fourth-order valence-corrected chi connectivity index (χ4v) is 8.22. The Morgan fingerprint density at radius 1 is 0.977 bits per heavy atom. The van der Waals surface area contributed by atoms with Crippen molar-refractivity contribution in [3.8, 4) is 11.1 Å². The summed E-state index contributed by atoms with van der Waals surface area (Å²) in [6, 6.07) is 9.19. The molecule has 0 spiro atoms. The smallest absolute Gasteiger partial charge is 0.270 e. The van der Waals surface area contributed by atoms with Gasteiger partial charge in [0, 0.05) is 28.9 Å². The van der Waals surface area contributed by atoms with Gasteiger partial charge in [-0.25, -0.2) is 0 Å². The molecule has 0 aliphatic heterocycles. The molecule has 3 N–H and O–H groups in total. The second-order valence-corrected chi connectivity index (χ2v) is 13.6. The molecule has 0 radical (unpaired) electrons. The predicted octanol–water partition coefficient (Wildman–Crippen LogP) is 7.33. The van der Waals surface area contributed by atoms with Crippen LogP contribution in [0.3, 0.4) is 0 Å². The number of nitrogens with zero attached hydrogens (tertiary/aromatic N) is 3. The third-order valence-electron chi connectivity index (χ3n) is 9.64. The fourth-order valence-electron chi connectivity index (χ4n) is 7.59. The quantitative estimate of drug-likeness (QED) is 0.213. The molecule has 0 bridgehead atoms. The Bertz CT molecular complexity index is 1320. The number of benzene rings is 1. The molecule has 2 aromatic heterocycles. The topological polar surface area (TPSA) is 105 Å². The Hall–Kier alpha value is -3.07. The van der Waals surface area contributed by atoms with E-state index < -0.39 is 6.04 Å². The summed E-state index contributed by atoms with van der Waals surface area (Å²) < 4.78 is 1.80. The minimum atomic E-state index is -0.615. The predicted molar refractivity (Wildman–Crippen MR) is 175 cm³/mol. The number of aromatic amines is 1. The molecule has 0 saturated heterocycles. The van der Waals surface area contributed by atoms with Crippen molar-refractivity contribution in [2.24, 2.45) is 17.8 Å². The van der Waals surface area contributed by atoms with E-state index in [9.17, 15) is 9.59 Å². The summed E-state index contributed by atoms with van der Waals surface area (Å²) in [6.45, 7) is 6.09. The van der Waals surface area contributed by atoms with Crippen LogP contribution in [0.4, 0.5) is 5.69 Å². The van der Waals surface area contributed by atoms with Gasteiger partial charge in [-0.1, -0.05) is 76.3 Å². The summed E-state index contributed by atoms with van der Waals surface area (Å²) in [5.41, 5.74) is 5.36. The zero-order valence-corrected chi connectivity index (χ0v) is 27.0. The van der Waals surface area contributed by atoms with E-state index in [0.717, 1.165) is 59.6 Å². The van der Waals surface area contributed by atoms with Crippen LogP contribution < -0.4 is 10.6 Å². The standard InChI is InChI=1S/C34H48N6O2S/c1-22(21-43-4)40-29(19-20-35-40)33(41)37-32(31(25-11-7-5-8-12-25)26-13-9-6-10-14-26)34(42)36-28-17-15-27(16-18-28)30-23(2)38-39-24(30)3/h15-20,22,25-26,31-32H,5-14,21H2,1-4H3,(H,36,42)(H,37,41)(H,38,39)/t22?,32-/m0/s1. The number of amides is 2. The van der Waals surface area contributed by atoms with Gasteiger partial charge in [0.25, 0.3) is 5.91 Å². The van der Waals surface area contributed by atoms with Crippen molar-refractivity contribution >= 4 is 29.3 Å². The van der Waals surface area contributed by atoms with Crippen molar-refractivity contribution in [1.82, 2.24) is 25.3 Å². The van der Waals surface area contributed by atoms with Gasteiger partial charge in [-0.05, 0) is 68.5 Å². The van der Waals surface area contributed by atoms with Crippen molar-refractivity contribution < 1.29 is 9.59 Å². The number of H-pyrrole nitrogens is 1. The molecular formula is C34H48N6O2S. The number of anilines is 1. The summed E-state index contributed by atoms with van der Waals surface area (Å²) in [5.74, 6) is 1.49. The maximum Gasteiger partial charge on any atom is 0.270 e. The van der Waals surface area contributed by atoms with Gasteiger partial charge in [-0.3, -0.25) is 19.4 Å². The lowest BCUT2D eigenvalue weighted by molar-refractivity contribution is -0.120. The van der Waals surface area contributed by atoms with Gasteiger partial charge in [-0.15, -0.1) is 0 Å². The van der Waals surface area contributed by atoms with E-state index in [1.165, 1.54) is 38.5 Å². The first-order valence-electron chi connectivity index (χ1n) is 16.1. The van der Waals surface area contributed by atoms with Crippen LogP contribution in [0.1, 0.15) is 99.1 Å². The molecule has 5 rings (SSSR count). The van der Waals surface area contributed by atoms with Crippen LogP contribution in [0.2, 0.25) is 0 Å². The number of nitrogens with one attached hydrogen (secondary N) is 3. The van der Waals surface area contributed by atoms with Crippen LogP contribution in [-0.4, -0.2) is 49.8 Å². The molecule has 2 saturated carbocycles. The molecule has 2 aliphatic carbocycles. The Morgan fingerprint density at radius 2 is 1.60 bits per heavy atom. The highest BCUT2D eigenvalue weighted by molar-refractivity contribution is 7.98. The monoisotopic (exact) mass is 604 g/mol. The molecular weight excluding hydrogens is 556 g/mol. The Morgan fingerprint density at radius 3 is 2.16 bits per heavy atom. The number of aromatic nitrogens is 4. The normalized spacial score (nSPS) is 18.0. The highest BCUT2D eigenvalue weighted by atomic mass is 32.2. The average molecular weight is 605 g/mol. The molecule has 2 aliphatic rings. The molecule has 9 heteroatoms. The molecule has 1 aromatic carbocycles. The number of rotatable bonds is 11. The van der Waals surface area contributed by atoms with E-state index in [-0.39, 0.29) is 23.8 Å². The number of thioether (sulfide) groups is 1. The minimum Gasteiger partial charge on any atom is -0.339 e. The van der Waals surface area contributed by atoms with E-state index in [1.807, 2.05) is 38.1 Å². The van der Waals surface area contributed by atoms with Gasteiger partial charge in [0.05, 0.1) is 11.7 Å². The third kappa shape index (κ3) is 7.36. The lowest BCUT2D eigenvalue weighted by Gasteiger charge is -2.42. The van der Waals surface area contributed by atoms with Gasteiger partial charge < -0.3 is 10.6 Å². The van der Waals surface area contributed by atoms with Crippen LogP contribution in [0, 0.1) is 31.6 Å². The second kappa shape index (κ2) is 14.6. The third-order valence-corrected chi connectivity index (χ3v) is 10.5. The maximum atomic E-state index is 14.3. The Balaban J connectivity index is 1.44. The average Bonchev–Trinajstić information content (AvgIpc) is 3.65. The van der Waals surface area contributed by atoms with Gasteiger partial charge in [0.1, 0.15) is 11.7 Å². The van der Waals surface area contributed by atoms with Crippen molar-refractivity contribution in [3.05, 3.63) is 53.6 Å². The first kappa shape index (κ1) is 31.4. The molecule has 2 amide bonds. The Kier molecular flexibility index (Phi) is 10.6. The number of aryl methyl sites for hydroxylation is 2. The van der Waals surface area contributed by atoms with Crippen molar-refractivity contribution in [3.63, 3.8) is 0 Å². The lowest BCUT2D eigenvalue weighted by atomic mass is 9.66. The number of hydrogen-bond acceptors (Lipinski definition) is 5. The minimum absolute atomic E-state index is 0.0755. The number of carbonyl (C=O) groups is 2. The van der Waals surface area contributed by atoms with E-state index in [1.54, 1.807) is 28.7 Å². The van der Waals surface area contributed by atoms with Crippen LogP contribution in [0.5, 0.6) is 0 Å². The van der Waals surface area contributed by atoms with Crippen LogP contribution >= 0.6 is 11.8 Å². The molecule has 2 atom stereocenters. The molecule has 8 nitrogen and oxygen atoms in total.